The Bertz CT molecular complexity index is 847. The first-order valence-electron chi connectivity index (χ1n) is 6.75. The maximum Gasteiger partial charge on any atom is 0.337 e. The van der Waals surface area contributed by atoms with Gasteiger partial charge in [-0.1, -0.05) is 40.9 Å². The summed E-state index contributed by atoms with van der Waals surface area (Å²) in [6, 6.07) is 9.16. The van der Waals surface area contributed by atoms with Crippen LogP contribution in [0.25, 0.3) is 5.57 Å². The Hall–Kier alpha value is -2.01. The van der Waals surface area contributed by atoms with E-state index < -0.39 is 11.9 Å². The molecule has 0 spiro atoms. The molecule has 0 unspecified atom stereocenters. The number of halogens is 3. The molecule has 0 saturated heterocycles. The van der Waals surface area contributed by atoms with Crippen molar-refractivity contribution in [1.82, 2.24) is 0 Å². The van der Waals surface area contributed by atoms with E-state index in [1.165, 1.54) is 24.3 Å². The molecule has 0 aromatic heterocycles. The molecule has 0 fully saturated rings. The van der Waals surface area contributed by atoms with E-state index in [1.807, 2.05) is 0 Å². The smallest absolute Gasteiger partial charge is 0.337 e. The van der Waals surface area contributed by atoms with E-state index in [0.29, 0.717) is 20.6 Å². The van der Waals surface area contributed by atoms with E-state index in [4.69, 9.17) is 39.9 Å². The molecule has 0 aliphatic heterocycles. The number of carboxylic acid groups (broad SMARTS) is 1. The van der Waals surface area contributed by atoms with Crippen LogP contribution in [0.1, 0.15) is 22.8 Å². The lowest BCUT2D eigenvalue weighted by Crippen LogP contribution is -2.12. The summed E-state index contributed by atoms with van der Waals surface area (Å²) in [4.78, 5) is 23.3. The zero-order valence-electron chi connectivity index (χ0n) is 12.4. The van der Waals surface area contributed by atoms with Crippen LogP contribution in [0.3, 0.4) is 0 Å². The number of anilines is 1. The molecule has 24 heavy (non-hydrogen) atoms. The van der Waals surface area contributed by atoms with Gasteiger partial charge in [0.05, 0.1) is 21.3 Å². The van der Waals surface area contributed by atoms with Crippen molar-refractivity contribution >= 4 is 57.9 Å². The first kappa shape index (κ1) is 18.3. The standard InChI is InChI=1S/C17H12Cl3NO3/c1-9(10-2-5-13(19)14(20)7-10)6-16(22)21-15-8-11(18)3-4-12(15)17(23)24/h2-8H,1H3,(H,21,22)(H,23,24). The average molecular weight is 385 g/mol. The summed E-state index contributed by atoms with van der Waals surface area (Å²) in [6.07, 6.45) is 1.34. The number of hydrogen-bond acceptors (Lipinski definition) is 2. The number of allylic oxidation sites excluding steroid dienone is 1. The van der Waals surface area contributed by atoms with Gasteiger partial charge in [0.2, 0.25) is 5.91 Å². The van der Waals surface area contributed by atoms with Crippen LogP contribution in [-0.2, 0) is 4.79 Å². The van der Waals surface area contributed by atoms with E-state index in [-0.39, 0.29) is 11.3 Å². The van der Waals surface area contributed by atoms with Gasteiger partial charge in [-0.2, -0.15) is 0 Å². The Balaban J connectivity index is 2.25. The predicted molar refractivity (Wildman–Crippen MR) is 97.2 cm³/mol. The molecule has 0 bridgehead atoms. The van der Waals surface area contributed by atoms with Crippen molar-refractivity contribution < 1.29 is 14.7 Å². The predicted octanol–water partition coefficient (Wildman–Crippen LogP) is 5.39. The highest BCUT2D eigenvalue weighted by Gasteiger charge is 2.12. The number of carbonyl (C=O) groups excluding carboxylic acids is 1. The van der Waals surface area contributed by atoms with Gasteiger partial charge in [-0.25, -0.2) is 4.79 Å². The molecule has 0 aliphatic rings. The van der Waals surface area contributed by atoms with Crippen LogP contribution in [-0.4, -0.2) is 17.0 Å². The molecule has 0 atom stereocenters. The number of aromatic carboxylic acids is 1. The van der Waals surface area contributed by atoms with Crippen molar-refractivity contribution in [3.8, 4) is 0 Å². The highest BCUT2D eigenvalue weighted by atomic mass is 35.5. The van der Waals surface area contributed by atoms with Crippen molar-refractivity contribution in [2.24, 2.45) is 0 Å². The van der Waals surface area contributed by atoms with E-state index in [9.17, 15) is 9.59 Å². The summed E-state index contributed by atoms with van der Waals surface area (Å²) in [5.41, 5.74) is 1.45. The van der Waals surface area contributed by atoms with Crippen molar-refractivity contribution in [1.29, 1.82) is 0 Å². The lowest BCUT2D eigenvalue weighted by atomic mass is 10.1. The molecule has 2 N–H and O–H groups in total. The van der Waals surface area contributed by atoms with Crippen molar-refractivity contribution in [3.63, 3.8) is 0 Å². The fourth-order valence-corrected chi connectivity index (χ4v) is 2.47. The molecule has 0 saturated carbocycles. The second kappa shape index (κ2) is 7.71. The maximum absolute atomic E-state index is 12.2. The summed E-state index contributed by atoms with van der Waals surface area (Å²) in [7, 11) is 0. The molecule has 4 nitrogen and oxygen atoms in total. The quantitative estimate of drug-likeness (QED) is 0.695. The molecule has 2 rings (SSSR count). The van der Waals surface area contributed by atoms with Crippen molar-refractivity contribution in [2.75, 3.05) is 5.32 Å². The monoisotopic (exact) mass is 383 g/mol. The molecule has 7 heteroatoms. The van der Waals surface area contributed by atoms with Crippen LogP contribution >= 0.6 is 34.8 Å². The van der Waals surface area contributed by atoms with Gasteiger partial charge < -0.3 is 10.4 Å². The SMILES string of the molecule is CC(=CC(=O)Nc1cc(Cl)ccc1C(=O)O)c1ccc(Cl)c(Cl)c1. The molecule has 0 aliphatic carbocycles. The summed E-state index contributed by atoms with van der Waals surface area (Å²) in [5, 5.41) is 12.8. The molecule has 0 heterocycles. The van der Waals surface area contributed by atoms with Crippen LogP contribution in [0, 0.1) is 0 Å². The lowest BCUT2D eigenvalue weighted by molar-refractivity contribution is -0.111. The van der Waals surface area contributed by atoms with E-state index in [1.54, 1.807) is 25.1 Å². The third-order valence-electron chi connectivity index (χ3n) is 3.19. The van der Waals surface area contributed by atoms with Gasteiger partial charge >= 0.3 is 5.97 Å². The van der Waals surface area contributed by atoms with Crippen molar-refractivity contribution in [2.45, 2.75) is 6.92 Å². The van der Waals surface area contributed by atoms with Crippen LogP contribution in [0.15, 0.2) is 42.5 Å². The van der Waals surface area contributed by atoms with Gasteiger partial charge in [0, 0.05) is 11.1 Å². The zero-order valence-corrected chi connectivity index (χ0v) is 14.7. The second-order valence-electron chi connectivity index (χ2n) is 4.94. The first-order chi connectivity index (χ1) is 11.3. The number of benzene rings is 2. The number of carboxylic acids is 1. The van der Waals surface area contributed by atoms with Crippen LogP contribution in [0.2, 0.25) is 15.1 Å². The number of carbonyl (C=O) groups is 2. The average Bonchev–Trinajstić information content (AvgIpc) is 2.49. The van der Waals surface area contributed by atoms with Crippen LogP contribution in [0.4, 0.5) is 5.69 Å². The van der Waals surface area contributed by atoms with Crippen LogP contribution < -0.4 is 5.32 Å². The van der Waals surface area contributed by atoms with E-state index >= 15 is 0 Å². The normalized spacial score (nSPS) is 11.2. The molecule has 0 radical (unpaired) electrons. The molecule has 2 aromatic rings. The van der Waals surface area contributed by atoms with Gasteiger partial charge in [-0.3, -0.25) is 4.79 Å². The Morgan fingerprint density at radius 3 is 2.38 bits per heavy atom. The van der Waals surface area contributed by atoms with E-state index in [0.717, 1.165) is 5.56 Å². The number of rotatable bonds is 4. The first-order valence-corrected chi connectivity index (χ1v) is 7.89. The molecule has 1 amide bonds. The Morgan fingerprint density at radius 2 is 1.75 bits per heavy atom. The highest BCUT2D eigenvalue weighted by molar-refractivity contribution is 6.42. The number of hydrogen-bond donors (Lipinski definition) is 2. The van der Waals surface area contributed by atoms with Gasteiger partial charge in [-0.05, 0) is 48.4 Å². The maximum atomic E-state index is 12.2. The highest BCUT2D eigenvalue weighted by Crippen LogP contribution is 2.26. The molecule has 2 aromatic carbocycles. The molecular formula is C17H12Cl3NO3. The van der Waals surface area contributed by atoms with E-state index in [2.05, 4.69) is 5.32 Å². The Kier molecular flexibility index (Phi) is 5.89. The van der Waals surface area contributed by atoms with Crippen molar-refractivity contribution in [3.05, 3.63) is 68.7 Å². The lowest BCUT2D eigenvalue weighted by Gasteiger charge is -2.08. The minimum atomic E-state index is -1.16. The van der Waals surface area contributed by atoms with Gasteiger partial charge in [0.1, 0.15) is 0 Å². The minimum absolute atomic E-state index is 0.0478. The topological polar surface area (TPSA) is 66.4 Å². The summed E-state index contributed by atoms with van der Waals surface area (Å²) < 4.78 is 0. The number of nitrogens with one attached hydrogen (secondary N) is 1. The van der Waals surface area contributed by atoms with Gasteiger partial charge in [0.25, 0.3) is 0 Å². The fourth-order valence-electron chi connectivity index (χ4n) is 2.00. The largest absolute Gasteiger partial charge is 0.478 e. The molecule has 124 valence electrons. The summed E-state index contributed by atoms with van der Waals surface area (Å²) >= 11 is 17.7. The van der Waals surface area contributed by atoms with Crippen LogP contribution in [0.5, 0.6) is 0 Å². The summed E-state index contributed by atoms with van der Waals surface area (Å²) in [5.74, 6) is -1.64. The summed E-state index contributed by atoms with van der Waals surface area (Å²) in [6.45, 7) is 1.73. The fraction of sp³-hybridized carbons (Fsp3) is 0.0588. The Morgan fingerprint density at radius 1 is 1.04 bits per heavy atom. The Labute approximate surface area is 153 Å². The second-order valence-corrected chi connectivity index (χ2v) is 6.19. The minimum Gasteiger partial charge on any atom is -0.478 e. The zero-order chi connectivity index (χ0) is 17.9. The third-order valence-corrected chi connectivity index (χ3v) is 4.17. The number of amides is 1. The van der Waals surface area contributed by atoms with Gasteiger partial charge in [0.15, 0.2) is 0 Å². The third kappa shape index (κ3) is 4.51. The molecular weight excluding hydrogens is 373 g/mol. The van der Waals surface area contributed by atoms with Gasteiger partial charge in [-0.15, -0.1) is 0 Å².